The summed E-state index contributed by atoms with van der Waals surface area (Å²) in [6.07, 6.45) is -0.548. The number of aliphatic imine (C=N–C) groups is 1. The Morgan fingerprint density at radius 3 is 2.43 bits per heavy atom. The Balaban J connectivity index is 2.27. The summed E-state index contributed by atoms with van der Waals surface area (Å²) < 4.78 is 15.4. The Kier molecular flexibility index (Phi) is 4.52. The molecule has 7 heteroatoms. The van der Waals surface area contributed by atoms with Crippen molar-refractivity contribution in [2.45, 2.75) is 6.04 Å². The summed E-state index contributed by atoms with van der Waals surface area (Å²) in [5.41, 5.74) is 0.899. The third-order valence-electron chi connectivity index (χ3n) is 3.41. The lowest BCUT2D eigenvalue weighted by molar-refractivity contribution is 0.175. The molecule has 1 aliphatic heterocycles. The first-order chi connectivity index (χ1) is 10.1. The molecular weight excluding hydrogens is 274 g/mol. The molecule has 2 rings (SSSR count). The van der Waals surface area contributed by atoms with E-state index in [0.29, 0.717) is 12.5 Å². The van der Waals surface area contributed by atoms with E-state index in [1.807, 2.05) is 30.1 Å². The first-order valence-corrected chi connectivity index (χ1v) is 6.45. The van der Waals surface area contributed by atoms with Crippen molar-refractivity contribution in [3.05, 3.63) is 23.8 Å². The van der Waals surface area contributed by atoms with Crippen molar-refractivity contribution in [3.8, 4) is 11.5 Å². The summed E-state index contributed by atoms with van der Waals surface area (Å²) in [6, 6.07) is 5.53. The summed E-state index contributed by atoms with van der Waals surface area (Å²) in [5.74, 6) is 1.90. The molecule has 21 heavy (non-hydrogen) atoms. The predicted molar refractivity (Wildman–Crippen MR) is 77.9 cm³/mol. The van der Waals surface area contributed by atoms with Crippen LogP contribution in [0.5, 0.6) is 11.5 Å². The van der Waals surface area contributed by atoms with Crippen LogP contribution >= 0.6 is 0 Å². The van der Waals surface area contributed by atoms with Gasteiger partial charge in [0, 0.05) is 7.05 Å². The number of carbonyl (C=O) groups excluding carboxylic acids is 1. The van der Waals surface area contributed by atoms with Crippen molar-refractivity contribution in [1.82, 2.24) is 10.2 Å². The highest BCUT2D eigenvalue weighted by Gasteiger charge is 2.31. The van der Waals surface area contributed by atoms with E-state index in [1.54, 1.807) is 14.2 Å². The van der Waals surface area contributed by atoms with Gasteiger partial charge in [-0.3, -0.25) is 10.3 Å². The quantitative estimate of drug-likeness (QED) is 0.912. The van der Waals surface area contributed by atoms with Crippen molar-refractivity contribution in [3.63, 3.8) is 0 Å². The third kappa shape index (κ3) is 2.86. The van der Waals surface area contributed by atoms with Crippen LogP contribution in [-0.2, 0) is 4.74 Å². The molecule has 0 bridgehead atoms. The number of hydrogen-bond acceptors (Lipinski definition) is 6. The van der Waals surface area contributed by atoms with Crippen molar-refractivity contribution >= 4 is 12.1 Å². The minimum Gasteiger partial charge on any atom is -0.496 e. The molecule has 1 aromatic carbocycles. The fourth-order valence-corrected chi connectivity index (χ4v) is 2.32. The van der Waals surface area contributed by atoms with E-state index in [2.05, 4.69) is 15.0 Å². The number of alkyl carbamates (subject to hydrolysis) is 1. The van der Waals surface area contributed by atoms with E-state index in [4.69, 9.17) is 9.47 Å². The van der Waals surface area contributed by atoms with Gasteiger partial charge in [0.1, 0.15) is 11.5 Å². The molecule has 1 N–H and O–H groups in total. The van der Waals surface area contributed by atoms with Gasteiger partial charge in [-0.05, 0) is 12.1 Å². The van der Waals surface area contributed by atoms with Crippen LogP contribution in [-0.4, -0.2) is 51.9 Å². The van der Waals surface area contributed by atoms with E-state index in [0.717, 1.165) is 17.1 Å². The summed E-state index contributed by atoms with van der Waals surface area (Å²) in [4.78, 5) is 17.5. The largest absolute Gasteiger partial charge is 0.496 e. The lowest BCUT2D eigenvalue weighted by atomic mass is 10.0. The van der Waals surface area contributed by atoms with Crippen LogP contribution in [0.4, 0.5) is 4.79 Å². The topological polar surface area (TPSA) is 72.4 Å². The fraction of sp³-hybridized carbons (Fsp3) is 0.429. The zero-order valence-electron chi connectivity index (χ0n) is 12.5. The van der Waals surface area contributed by atoms with Crippen molar-refractivity contribution in [2.24, 2.45) is 4.99 Å². The fourth-order valence-electron chi connectivity index (χ4n) is 2.32. The standard InChI is InChI=1S/C14H19N3O4/c1-17-9(8-15-13(17)16-14(18)21-4)12-10(19-2)6-5-7-11(12)20-3/h5-7,9H,8H2,1-4H3,(H,15,16,18). The van der Waals surface area contributed by atoms with Gasteiger partial charge in [-0.1, -0.05) is 6.07 Å². The third-order valence-corrected chi connectivity index (χ3v) is 3.41. The van der Waals surface area contributed by atoms with Gasteiger partial charge in [0.05, 0.1) is 39.5 Å². The van der Waals surface area contributed by atoms with Gasteiger partial charge in [-0.15, -0.1) is 0 Å². The monoisotopic (exact) mass is 293 g/mol. The molecule has 0 saturated heterocycles. The maximum Gasteiger partial charge on any atom is 0.413 e. The highest BCUT2D eigenvalue weighted by molar-refractivity contribution is 5.95. The number of nitrogens with one attached hydrogen (secondary N) is 1. The molecule has 0 spiro atoms. The van der Waals surface area contributed by atoms with Crippen molar-refractivity contribution < 1.29 is 19.0 Å². The number of likely N-dealkylation sites (N-methyl/N-ethyl adjacent to an activating group) is 1. The van der Waals surface area contributed by atoms with Crippen LogP contribution in [0.3, 0.4) is 0 Å². The molecule has 0 saturated carbocycles. The highest BCUT2D eigenvalue weighted by atomic mass is 16.5. The zero-order valence-corrected chi connectivity index (χ0v) is 12.5. The first-order valence-electron chi connectivity index (χ1n) is 6.45. The SMILES string of the molecule is COC(=O)NC1=NCC(c2c(OC)cccc2OC)N1C. The molecular formula is C14H19N3O4. The van der Waals surface area contributed by atoms with Gasteiger partial charge in [-0.2, -0.15) is 0 Å². The average Bonchev–Trinajstić information content (AvgIpc) is 2.86. The summed E-state index contributed by atoms with van der Waals surface area (Å²) >= 11 is 0. The molecule has 1 aromatic rings. The number of methoxy groups -OCH3 is 3. The molecule has 1 aliphatic rings. The van der Waals surface area contributed by atoms with Gasteiger partial charge < -0.3 is 19.1 Å². The van der Waals surface area contributed by atoms with E-state index in [1.165, 1.54) is 7.11 Å². The van der Waals surface area contributed by atoms with Crippen LogP contribution in [0.1, 0.15) is 11.6 Å². The maximum atomic E-state index is 11.3. The second-order valence-corrected chi connectivity index (χ2v) is 4.48. The van der Waals surface area contributed by atoms with Crippen molar-refractivity contribution in [1.29, 1.82) is 0 Å². The molecule has 1 unspecified atom stereocenters. The number of ether oxygens (including phenoxy) is 3. The van der Waals surface area contributed by atoms with Gasteiger partial charge in [0.15, 0.2) is 0 Å². The Hall–Kier alpha value is -2.44. The van der Waals surface area contributed by atoms with Crippen LogP contribution in [0.2, 0.25) is 0 Å². The van der Waals surface area contributed by atoms with Crippen LogP contribution < -0.4 is 14.8 Å². The summed E-state index contributed by atoms with van der Waals surface area (Å²) in [7, 11) is 6.38. The second-order valence-electron chi connectivity index (χ2n) is 4.48. The number of guanidine groups is 1. The van der Waals surface area contributed by atoms with E-state index < -0.39 is 6.09 Å². The van der Waals surface area contributed by atoms with Crippen LogP contribution in [0, 0.1) is 0 Å². The zero-order chi connectivity index (χ0) is 15.4. The molecule has 0 fully saturated rings. The molecule has 1 atom stereocenters. The number of hydrogen-bond donors (Lipinski definition) is 1. The lowest BCUT2D eigenvalue weighted by Gasteiger charge is -2.26. The molecule has 7 nitrogen and oxygen atoms in total. The normalized spacial score (nSPS) is 17.2. The van der Waals surface area contributed by atoms with E-state index >= 15 is 0 Å². The Labute approximate surface area is 123 Å². The minimum atomic E-state index is -0.548. The highest BCUT2D eigenvalue weighted by Crippen LogP contribution is 2.38. The van der Waals surface area contributed by atoms with Gasteiger partial charge in [-0.25, -0.2) is 4.79 Å². The molecule has 0 aromatic heterocycles. The molecule has 114 valence electrons. The Morgan fingerprint density at radius 1 is 1.29 bits per heavy atom. The Morgan fingerprint density at radius 2 is 1.90 bits per heavy atom. The number of amides is 1. The van der Waals surface area contributed by atoms with E-state index in [-0.39, 0.29) is 6.04 Å². The predicted octanol–water partition coefficient (Wildman–Crippen LogP) is 1.40. The number of carbonyl (C=O) groups is 1. The average molecular weight is 293 g/mol. The number of benzene rings is 1. The smallest absolute Gasteiger partial charge is 0.413 e. The first kappa shape index (κ1) is 15.0. The Bertz CT molecular complexity index is 537. The number of nitrogens with zero attached hydrogens (tertiary/aromatic N) is 2. The van der Waals surface area contributed by atoms with Crippen LogP contribution in [0.15, 0.2) is 23.2 Å². The molecule has 1 amide bonds. The van der Waals surface area contributed by atoms with E-state index in [9.17, 15) is 4.79 Å². The minimum absolute atomic E-state index is 0.0803. The van der Waals surface area contributed by atoms with Crippen LogP contribution in [0.25, 0.3) is 0 Å². The maximum absolute atomic E-state index is 11.3. The molecule has 0 aliphatic carbocycles. The van der Waals surface area contributed by atoms with Gasteiger partial charge in [0.25, 0.3) is 0 Å². The number of rotatable bonds is 3. The second kappa shape index (κ2) is 6.34. The molecule has 1 heterocycles. The summed E-state index contributed by atoms with van der Waals surface area (Å²) in [6.45, 7) is 0.493. The van der Waals surface area contributed by atoms with Gasteiger partial charge >= 0.3 is 6.09 Å². The van der Waals surface area contributed by atoms with Gasteiger partial charge in [0.2, 0.25) is 5.96 Å². The molecule has 0 radical (unpaired) electrons. The van der Waals surface area contributed by atoms with Crippen molar-refractivity contribution in [2.75, 3.05) is 34.9 Å². The summed E-state index contributed by atoms with van der Waals surface area (Å²) in [5, 5.41) is 2.59. The lowest BCUT2D eigenvalue weighted by Crippen LogP contribution is -2.40.